The van der Waals surface area contributed by atoms with E-state index in [-0.39, 0.29) is 0 Å². The lowest BCUT2D eigenvalue weighted by molar-refractivity contribution is 0.557. The minimum atomic E-state index is 0.478. The molecule has 0 spiro atoms. The van der Waals surface area contributed by atoms with Crippen LogP contribution in [0.25, 0.3) is 0 Å². The van der Waals surface area contributed by atoms with Crippen LogP contribution in [0.1, 0.15) is 46.2 Å². The number of hydrogen-bond acceptors (Lipinski definition) is 3. The minimum Gasteiger partial charge on any atom is -0.312 e. The first kappa shape index (κ1) is 13.8. The Hall–Kier alpha value is -1.13. The largest absolute Gasteiger partial charge is 0.312 e. The molecule has 2 aromatic rings. The third kappa shape index (κ3) is 2.96. The van der Waals surface area contributed by atoms with Crippen LogP contribution in [0.4, 0.5) is 0 Å². The van der Waals surface area contributed by atoms with E-state index < -0.39 is 0 Å². The standard InChI is InChI=1S/C16H23N3S/c1-17-14(8-7-12-10-18-19(2)11-12)16-9-13-5-3-4-6-15(13)20-16/h9-11,14,17H,3-8H2,1-2H3. The zero-order chi connectivity index (χ0) is 13.9. The number of aromatic nitrogens is 2. The second-order valence-electron chi connectivity index (χ2n) is 5.71. The third-order valence-corrected chi connectivity index (χ3v) is 5.54. The molecule has 4 heteroatoms. The summed E-state index contributed by atoms with van der Waals surface area (Å²) in [6.45, 7) is 0. The minimum absolute atomic E-state index is 0.478. The maximum absolute atomic E-state index is 4.25. The van der Waals surface area contributed by atoms with Gasteiger partial charge in [0, 0.05) is 29.0 Å². The number of thiophene rings is 1. The van der Waals surface area contributed by atoms with Crippen LogP contribution in [-0.2, 0) is 26.3 Å². The summed E-state index contributed by atoms with van der Waals surface area (Å²) >= 11 is 2.03. The molecule has 0 fully saturated rings. The summed E-state index contributed by atoms with van der Waals surface area (Å²) in [4.78, 5) is 3.15. The highest BCUT2D eigenvalue weighted by Crippen LogP contribution is 2.34. The molecule has 1 N–H and O–H groups in total. The third-order valence-electron chi connectivity index (χ3n) is 4.19. The van der Waals surface area contributed by atoms with Gasteiger partial charge in [-0.3, -0.25) is 4.68 Å². The van der Waals surface area contributed by atoms with Gasteiger partial charge in [-0.15, -0.1) is 11.3 Å². The fraction of sp³-hybridized carbons (Fsp3) is 0.562. The molecule has 1 unspecified atom stereocenters. The molecule has 1 aliphatic carbocycles. The summed E-state index contributed by atoms with van der Waals surface area (Å²) in [6, 6.07) is 2.93. The van der Waals surface area contributed by atoms with Gasteiger partial charge in [0.2, 0.25) is 0 Å². The number of rotatable bonds is 5. The van der Waals surface area contributed by atoms with Crippen LogP contribution in [0, 0.1) is 0 Å². The molecule has 20 heavy (non-hydrogen) atoms. The molecule has 3 rings (SSSR count). The zero-order valence-electron chi connectivity index (χ0n) is 12.4. The Morgan fingerprint density at radius 2 is 2.25 bits per heavy atom. The number of aryl methyl sites for hydroxylation is 4. The van der Waals surface area contributed by atoms with Crippen molar-refractivity contribution in [3.05, 3.63) is 39.3 Å². The highest BCUT2D eigenvalue weighted by Gasteiger charge is 2.18. The van der Waals surface area contributed by atoms with Crippen LogP contribution in [0.5, 0.6) is 0 Å². The Balaban J connectivity index is 1.68. The second-order valence-corrected chi connectivity index (χ2v) is 6.87. The van der Waals surface area contributed by atoms with E-state index in [0.29, 0.717) is 6.04 Å². The van der Waals surface area contributed by atoms with Crippen molar-refractivity contribution >= 4 is 11.3 Å². The molecule has 1 aliphatic rings. The van der Waals surface area contributed by atoms with Gasteiger partial charge in [0.05, 0.1) is 6.20 Å². The number of nitrogens with one attached hydrogen (secondary N) is 1. The van der Waals surface area contributed by atoms with Gasteiger partial charge < -0.3 is 5.32 Å². The smallest absolute Gasteiger partial charge is 0.0521 e. The second kappa shape index (κ2) is 6.10. The first-order chi connectivity index (χ1) is 9.76. The van der Waals surface area contributed by atoms with E-state index in [1.807, 2.05) is 29.3 Å². The van der Waals surface area contributed by atoms with Gasteiger partial charge in [0.25, 0.3) is 0 Å². The summed E-state index contributed by atoms with van der Waals surface area (Å²) in [7, 11) is 4.05. The van der Waals surface area contributed by atoms with Gasteiger partial charge >= 0.3 is 0 Å². The van der Waals surface area contributed by atoms with Gasteiger partial charge in [0.15, 0.2) is 0 Å². The van der Waals surface area contributed by atoms with E-state index in [0.717, 1.165) is 12.8 Å². The predicted octanol–water partition coefficient (Wildman–Crippen LogP) is 3.25. The Labute approximate surface area is 125 Å². The first-order valence-corrected chi connectivity index (χ1v) is 8.34. The van der Waals surface area contributed by atoms with Crippen LogP contribution in [0.3, 0.4) is 0 Å². The summed E-state index contributed by atoms with van der Waals surface area (Å²) in [5, 5.41) is 7.73. The summed E-state index contributed by atoms with van der Waals surface area (Å²) in [6.07, 6.45) is 11.6. The Morgan fingerprint density at radius 3 is 2.95 bits per heavy atom. The quantitative estimate of drug-likeness (QED) is 0.915. The first-order valence-electron chi connectivity index (χ1n) is 7.52. The number of fused-ring (bicyclic) bond motifs is 1. The van der Waals surface area contributed by atoms with Crippen LogP contribution in [-0.4, -0.2) is 16.8 Å². The maximum Gasteiger partial charge on any atom is 0.0521 e. The number of nitrogens with zero attached hydrogens (tertiary/aromatic N) is 2. The van der Waals surface area contributed by atoms with Gasteiger partial charge in [-0.05, 0) is 62.8 Å². The molecule has 0 saturated carbocycles. The van der Waals surface area contributed by atoms with Crippen LogP contribution < -0.4 is 5.32 Å². The van der Waals surface area contributed by atoms with Gasteiger partial charge in [-0.2, -0.15) is 5.10 Å². The average Bonchev–Trinajstić information content (AvgIpc) is 3.05. The molecular weight excluding hydrogens is 266 g/mol. The van der Waals surface area contributed by atoms with Crippen LogP contribution in [0.2, 0.25) is 0 Å². The van der Waals surface area contributed by atoms with Crippen molar-refractivity contribution in [2.24, 2.45) is 7.05 Å². The fourth-order valence-corrected chi connectivity index (χ4v) is 4.43. The predicted molar refractivity (Wildman–Crippen MR) is 84.3 cm³/mol. The normalized spacial score (nSPS) is 16.1. The van der Waals surface area contributed by atoms with Crippen LogP contribution >= 0.6 is 11.3 Å². The SMILES string of the molecule is CNC(CCc1cnn(C)c1)c1cc2c(s1)CCCC2. The van der Waals surface area contributed by atoms with E-state index in [9.17, 15) is 0 Å². The molecule has 1 atom stereocenters. The van der Waals surface area contributed by atoms with Crippen molar-refractivity contribution in [2.45, 2.75) is 44.6 Å². The molecule has 108 valence electrons. The lowest BCUT2D eigenvalue weighted by atomic mass is 9.98. The van der Waals surface area contributed by atoms with Crippen molar-refractivity contribution in [1.82, 2.24) is 15.1 Å². The lowest BCUT2D eigenvalue weighted by Gasteiger charge is -2.13. The van der Waals surface area contributed by atoms with E-state index in [1.165, 1.54) is 36.1 Å². The van der Waals surface area contributed by atoms with E-state index >= 15 is 0 Å². The summed E-state index contributed by atoms with van der Waals surface area (Å²) in [5.74, 6) is 0. The molecular formula is C16H23N3S. The topological polar surface area (TPSA) is 29.9 Å². The van der Waals surface area contributed by atoms with Crippen molar-refractivity contribution in [2.75, 3.05) is 7.05 Å². The molecule has 0 amide bonds. The van der Waals surface area contributed by atoms with Crippen molar-refractivity contribution in [3.63, 3.8) is 0 Å². The zero-order valence-corrected chi connectivity index (χ0v) is 13.2. The molecule has 0 radical (unpaired) electrons. The maximum atomic E-state index is 4.25. The Morgan fingerprint density at radius 1 is 1.40 bits per heavy atom. The van der Waals surface area contributed by atoms with Crippen molar-refractivity contribution in [3.8, 4) is 0 Å². The average molecular weight is 289 g/mol. The summed E-state index contributed by atoms with van der Waals surface area (Å²) in [5.41, 5.74) is 2.94. The molecule has 2 aromatic heterocycles. The van der Waals surface area contributed by atoms with Crippen molar-refractivity contribution < 1.29 is 0 Å². The molecule has 3 nitrogen and oxygen atoms in total. The van der Waals surface area contributed by atoms with Gasteiger partial charge in [-0.1, -0.05) is 0 Å². The van der Waals surface area contributed by atoms with Gasteiger partial charge in [-0.25, -0.2) is 0 Å². The van der Waals surface area contributed by atoms with E-state index in [4.69, 9.17) is 0 Å². The van der Waals surface area contributed by atoms with E-state index in [1.54, 1.807) is 10.4 Å². The monoisotopic (exact) mass is 289 g/mol. The Kier molecular flexibility index (Phi) is 4.22. The molecule has 2 heterocycles. The Bertz CT molecular complexity index is 547. The van der Waals surface area contributed by atoms with E-state index in [2.05, 4.69) is 29.7 Å². The summed E-state index contributed by atoms with van der Waals surface area (Å²) < 4.78 is 1.88. The molecule has 0 aromatic carbocycles. The molecule has 0 saturated heterocycles. The number of hydrogen-bond donors (Lipinski definition) is 1. The lowest BCUT2D eigenvalue weighted by Crippen LogP contribution is -2.15. The van der Waals surface area contributed by atoms with Crippen molar-refractivity contribution in [1.29, 1.82) is 0 Å². The highest BCUT2D eigenvalue weighted by atomic mass is 32.1. The molecule has 0 aliphatic heterocycles. The highest BCUT2D eigenvalue weighted by molar-refractivity contribution is 7.12. The fourth-order valence-electron chi connectivity index (χ4n) is 3.03. The van der Waals surface area contributed by atoms with Crippen LogP contribution in [0.15, 0.2) is 18.5 Å². The van der Waals surface area contributed by atoms with Gasteiger partial charge in [0.1, 0.15) is 0 Å². The molecule has 0 bridgehead atoms.